The van der Waals surface area contributed by atoms with Gasteiger partial charge in [0.1, 0.15) is 0 Å². The van der Waals surface area contributed by atoms with Gasteiger partial charge in [0.2, 0.25) is 0 Å². The van der Waals surface area contributed by atoms with Crippen molar-refractivity contribution in [3.05, 3.63) is 206 Å². The highest BCUT2D eigenvalue weighted by Gasteiger charge is 2.31. The van der Waals surface area contributed by atoms with Gasteiger partial charge in [0.15, 0.2) is 0 Å². The number of rotatable bonds is 4. The van der Waals surface area contributed by atoms with Crippen molar-refractivity contribution in [1.82, 2.24) is 0 Å². The molecule has 0 aromatic heterocycles. The maximum Gasteiger partial charge on any atom is -0.000741 e. The summed E-state index contributed by atoms with van der Waals surface area (Å²) in [7, 11) is 0. The fourth-order valence-electron chi connectivity index (χ4n) is 10.4. The first-order chi connectivity index (χ1) is 28.8. The van der Waals surface area contributed by atoms with Crippen LogP contribution in [0.15, 0.2) is 206 Å². The summed E-state index contributed by atoms with van der Waals surface area (Å²) in [4.78, 5) is 0. The average molecular weight is 731 g/mol. The van der Waals surface area contributed by atoms with Crippen molar-refractivity contribution in [2.75, 3.05) is 0 Å². The molecule has 0 spiro atoms. The molecule has 13 rings (SSSR count). The quantitative estimate of drug-likeness (QED) is 0.169. The first-order valence-electron chi connectivity index (χ1n) is 20.3. The van der Waals surface area contributed by atoms with E-state index in [1.807, 2.05) is 0 Å². The smallest absolute Gasteiger partial charge is 0.000741 e. The Morgan fingerprint density at radius 3 is 1.55 bits per heavy atom. The van der Waals surface area contributed by atoms with E-state index in [-0.39, 0.29) is 0 Å². The highest BCUT2D eigenvalue weighted by Crippen LogP contribution is 2.59. The molecule has 11 aromatic rings. The first kappa shape index (κ1) is 31.6. The minimum Gasteiger partial charge on any atom is -0.0622 e. The molecule has 0 aliphatic heterocycles. The second kappa shape index (κ2) is 12.0. The zero-order valence-electron chi connectivity index (χ0n) is 31.6. The molecule has 0 atom stereocenters. The van der Waals surface area contributed by atoms with Crippen LogP contribution >= 0.6 is 0 Å². The van der Waals surface area contributed by atoms with Gasteiger partial charge in [0.05, 0.1) is 0 Å². The monoisotopic (exact) mass is 730 g/mol. The minimum atomic E-state index is 1.23. The summed E-state index contributed by atoms with van der Waals surface area (Å²) in [6.45, 7) is 0. The van der Waals surface area contributed by atoms with Crippen molar-refractivity contribution in [2.45, 2.75) is 0 Å². The van der Waals surface area contributed by atoms with Gasteiger partial charge in [-0.1, -0.05) is 182 Å². The van der Waals surface area contributed by atoms with Crippen LogP contribution in [-0.4, -0.2) is 0 Å². The van der Waals surface area contributed by atoms with Crippen molar-refractivity contribution in [2.24, 2.45) is 0 Å². The zero-order chi connectivity index (χ0) is 37.9. The topological polar surface area (TPSA) is 0 Å². The molecule has 266 valence electrons. The van der Waals surface area contributed by atoms with E-state index >= 15 is 0 Å². The highest BCUT2D eigenvalue weighted by molar-refractivity contribution is 6.29. The maximum absolute atomic E-state index is 2.48. The normalized spacial score (nSPS) is 12.1. The summed E-state index contributed by atoms with van der Waals surface area (Å²) in [6.07, 6.45) is 0. The molecule has 2 aliphatic rings. The van der Waals surface area contributed by atoms with E-state index < -0.39 is 0 Å². The van der Waals surface area contributed by atoms with Crippen LogP contribution in [0.3, 0.4) is 0 Å². The highest BCUT2D eigenvalue weighted by atomic mass is 14.3. The van der Waals surface area contributed by atoms with E-state index in [9.17, 15) is 0 Å². The molecule has 0 heteroatoms. The second-order valence-corrected chi connectivity index (χ2v) is 15.9. The summed E-state index contributed by atoms with van der Waals surface area (Å²) >= 11 is 0. The molecule has 0 fully saturated rings. The lowest BCUT2D eigenvalue weighted by Crippen LogP contribution is -1.94. The van der Waals surface area contributed by atoms with E-state index in [4.69, 9.17) is 0 Å². The van der Waals surface area contributed by atoms with Crippen LogP contribution in [0.1, 0.15) is 0 Å². The molecule has 0 unspecified atom stereocenters. The molecular weight excluding hydrogens is 697 g/mol. The van der Waals surface area contributed by atoms with Crippen LogP contribution in [0.5, 0.6) is 0 Å². The van der Waals surface area contributed by atoms with Gasteiger partial charge in [-0.25, -0.2) is 0 Å². The van der Waals surface area contributed by atoms with E-state index in [0.717, 1.165) is 0 Å². The summed E-state index contributed by atoms with van der Waals surface area (Å²) in [5.41, 5.74) is 20.6. The van der Waals surface area contributed by atoms with Gasteiger partial charge in [-0.3, -0.25) is 0 Å². The summed E-state index contributed by atoms with van der Waals surface area (Å²) in [5, 5.41) is 10.3. The lowest BCUT2D eigenvalue weighted by Gasteiger charge is -2.21. The van der Waals surface area contributed by atoms with E-state index in [1.165, 1.54) is 132 Å². The fourth-order valence-corrected chi connectivity index (χ4v) is 10.4. The Labute approximate surface area is 336 Å². The van der Waals surface area contributed by atoms with Crippen molar-refractivity contribution in [3.63, 3.8) is 0 Å². The van der Waals surface area contributed by atoms with E-state index in [0.29, 0.717) is 0 Å². The van der Waals surface area contributed by atoms with Crippen molar-refractivity contribution in [3.8, 4) is 89.0 Å². The molecular formula is C58H34. The van der Waals surface area contributed by atoms with Gasteiger partial charge >= 0.3 is 0 Å². The number of benzene rings is 11. The fraction of sp³-hybridized carbons (Fsp3) is 0. The van der Waals surface area contributed by atoms with Crippen LogP contribution in [0.25, 0.3) is 132 Å². The van der Waals surface area contributed by atoms with Crippen LogP contribution in [0, 0.1) is 0 Å². The molecule has 0 amide bonds. The second-order valence-electron chi connectivity index (χ2n) is 15.9. The lowest BCUT2D eigenvalue weighted by atomic mass is 9.81. The molecule has 2 aliphatic carbocycles. The average Bonchev–Trinajstić information content (AvgIpc) is 3.80. The first-order valence-corrected chi connectivity index (χ1v) is 20.3. The van der Waals surface area contributed by atoms with Gasteiger partial charge in [-0.05, 0) is 156 Å². The van der Waals surface area contributed by atoms with Gasteiger partial charge < -0.3 is 0 Å². The molecule has 11 aromatic carbocycles. The molecule has 0 saturated carbocycles. The standard InChI is InChI=1S/C58H34/c1-3-14-36(15-4-1)54-48-28-27-39(42-32-41-19-11-22-47-44-20-9-10-21-45(44)51(34-42)53(41)47)33-52(48)55(37-16-5-2-6-17-37)57-49-24-12-23-46-43(29-30-50(56(46)49)58(54)57)40-26-25-35-13-7-8-18-38(35)31-40/h1-34H. The summed E-state index contributed by atoms with van der Waals surface area (Å²) < 4.78 is 0. The lowest BCUT2D eigenvalue weighted by molar-refractivity contribution is 1.61. The van der Waals surface area contributed by atoms with Crippen LogP contribution in [0.2, 0.25) is 0 Å². The Morgan fingerprint density at radius 1 is 0.190 bits per heavy atom. The SMILES string of the molecule is c1ccc(-c2c3c(c(-c4ccccc4)c4cc(-c5cc6c7c(cccc7c5)-c5ccccc5-6)ccc24)-c2cccc4c(-c5ccc6ccccc6c5)ccc-3c24)cc1. The number of hydrogen-bond acceptors (Lipinski definition) is 0. The van der Waals surface area contributed by atoms with Crippen molar-refractivity contribution >= 4 is 43.1 Å². The molecule has 0 nitrogen and oxygen atoms in total. The zero-order valence-corrected chi connectivity index (χ0v) is 31.6. The predicted molar refractivity (Wildman–Crippen MR) is 247 cm³/mol. The largest absolute Gasteiger partial charge is 0.0622 e. The Kier molecular flexibility index (Phi) is 6.54. The Balaban J connectivity index is 1.12. The third-order valence-electron chi connectivity index (χ3n) is 12.9. The molecule has 0 heterocycles. The number of hydrogen-bond donors (Lipinski definition) is 0. The molecule has 0 saturated heterocycles. The number of fused-ring (bicyclic) bond motifs is 8. The predicted octanol–water partition coefficient (Wildman–Crippen LogP) is 16.3. The molecule has 0 radical (unpaired) electrons. The van der Waals surface area contributed by atoms with E-state index in [2.05, 4.69) is 206 Å². The molecule has 0 bridgehead atoms. The maximum atomic E-state index is 2.48. The van der Waals surface area contributed by atoms with Crippen molar-refractivity contribution in [1.29, 1.82) is 0 Å². The molecule has 58 heavy (non-hydrogen) atoms. The molecule has 0 N–H and O–H groups in total. The Morgan fingerprint density at radius 2 is 0.759 bits per heavy atom. The van der Waals surface area contributed by atoms with Gasteiger partial charge in [0, 0.05) is 0 Å². The van der Waals surface area contributed by atoms with Crippen LogP contribution < -0.4 is 0 Å². The summed E-state index contributed by atoms with van der Waals surface area (Å²) in [6, 6.07) is 77.1. The van der Waals surface area contributed by atoms with Gasteiger partial charge in [-0.2, -0.15) is 0 Å². The third kappa shape index (κ3) is 4.40. The van der Waals surface area contributed by atoms with E-state index in [1.54, 1.807) is 0 Å². The van der Waals surface area contributed by atoms with Gasteiger partial charge in [0.25, 0.3) is 0 Å². The minimum absolute atomic E-state index is 1.23. The summed E-state index contributed by atoms with van der Waals surface area (Å²) in [5.74, 6) is 0. The van der Waals surface area contributed by atoms with Crippen LogP contribution in [0.4, 0.5) is 0 Å². The van der Waals surface area contributed by atoms with Gasteiger partial charge in [-0.15, -0.1) is 0 Å². The van der Waals surface area contributed by atoms with Crippen LogP contribution in [-0.2, 0) is 0 Å². The van der Waals surface area contributed by atoms with Crippen molar-refractivity contribution < 1.29 is 0 Å². The Hall–Kier alpha value is -7.54. The third-order valence-corrected chi connectivity index (χ3v) is 12.9. The Bertz CT molecular complexity index is 3530.